The zero-order valence-electron chi connectivity index (χ0n) is 12.5. The fourth-order valence-corrected chi connectivity index (χ4v) is 1.48. The molecule has 0 heterocycles. The lowest BCUT2D eigenvalue weighted by Crippen LogP contribution is -2.10. The van der Waals surface area contributed by atoms with Gasteiger partial charge in [-0.2, -0.15) is 0 Å². The van der Waals surface area contributed by atoms with Crippen LogP contribution in [0.2, 0.25) is 0 Å². The highest BCUT2D eigenvalue weighted by atomic mass is 14.2. The average Bonchev–Trinajstić information content (AvgIpc) is 2.22. The second-order valence-corrected chi connectivity index (χ2v) is 6.80. The largest absolute Gasteiger partial charge is 0.0707 e. The molecule has 1 rings (SSSR count). The molecule has 0 aliphatic rings. The first-order valence-electron chi connectivity index (χ1n) is 6.48. The van der Waals surface area contributed by atoms with Crippen LogP contribution in [0.4, 0.5) is 0 Å². The second-order valence-electron chi connectivity index (χ2n) is 6.80. The standard InChI is InChI=1S/C18H24/c1-17(2,3)13-8-7-10-15-11-9-12-16(14-15)18(4,5)6/h8-9,11-14H,1-6H3/b13-8+. The number of rotatable bonds is 0. The van der Waals surface area contributed by atoms with Gasteiger partial charge in [0.1, 0.15) is 0 Å². The van der Waals surface area contributed by atoms with E-state index in [4.69, 9.17) is 0 Å². The SMILES string of the molecule is CC(C)(C)/C=C/C#Cc1cccc(C(C)(C)C)c1. The fraction of sp³-hybridized carbons (Fsp3) is 0.444. The van der Waals surface area contributed by atoms with E-state index in [1.807, 2.05) is 6.08 Å². The summed E-state index contributed by atoms with van der Waals surface area (Å²) in [4.78, 5) is 0. The van der Waals surface area contributed by atoms with Gasteiger partial charge in [-0.25, -0.2) is 0 Å². The first kappa shape index (κ1) is 14.6. The molecular formula is C18H24. The van der Waals surface area contributed by atoms with Gasteiger partial charge in [0.2, 0.25) is 0 Å². The Morgan fingerprint density at radius 3 is 2.22 bits per heavy atom. The summed E-state index contributed by atoms with van der Waals surface area (Å²) < 4.78 is 0. The maximum absolute atomic E-state index is 3.19. The van der Waals surface area contributed by atoms with Crippen molar-refractivity contribution in [1.82, 2.24) is 0 Å². The normalized spacial score (nSPS) is 12.3. The molecule has 1 aromatic rings. The molecule has 0 spiro atoms. The van der Waals surface area contributed by atoms with E-state index in [0.29, 0.717) is 0 Å². The van der Waals surface area contributed by atoms with Crippen LogP contribution >= 0.6 is 0 Å². The van der Waals surface area contributed by atoms with Crippen LogP contribution in [0.5, 0.6) is 0 Å². The lowest BCUT2D eigenvalue weighted by molar-refractivity contribution is 0.544. The Labute approximate surface area is 112 Å². The van der Waals surface area contributed by atoms with Crippen molar-refractivity contribution in [1.29, 1.82) is 0 Å². The first-order chi connectivity index (χ1) is 8.18. The van der Waals surface area contributed by atoms with E-state index >= 15 is 0 Å². The van der Waals surface area contributed by atoms with Crippen molar-refractivity contribution in [3.05, 3.63) is 47.5 Å². The van der Waals surface area contributed by atoms with Crippen molar-refractivity contribution in [2.24, 2.45) is 5.41 Å². The van der Waals surface area contributed by atoms with Crippen LogP contribution in [-0.4, -0.2) is 0 Å². The number of hydrogen-bond acceptors (Lipinski definition) is 0. The predicted molar refractivity (Wildman–Crippen MR) is 80.6 cm³/mol. The minimum Gasteiger partial charge on any atom is -0.0707 e. The Hall–Kier alpha value is -1.48. The van der Waals surface area contributed by atoms with Gasteiger partial charge in [0.05, 0.1) is 0 Å². The van der Waals surface area contributed by atoms with E-state index in [0.717, 1.165) is 5.56 Å². The summed E-state index contributed by atoms with van der Waals surface area (Å²) in [5.41, 5.74) is 2.79. The molecule has 0 aromatic heterocycles. The first-order valence-corrected chi connectivity index (χ1v) is 6.48. The highest BCUT2D eigenvalue weighted by Crippen LogP contribution is 2.22. The molecule has 18 heavy (non-hydrogen) atoms. The van der Waals surface area contributed by atoms with Gasteiger partial charge in [-0.1, -0.05) is 71.6 Å². The van der Waals surface area contributed by atoms with Crippen LogP contribution in [0.15, 0.2) is 36.4 Å². The molecule has 0 radical (unpaired) electrons. The Balaban J connectivity index is 2.87. The third-order valence-corrected chi connectivity index (χ3v) is 2.61. The Bertz CT molecular complexity index is 479. The Kier molecular flexibility index (Phi) is 4.41. The lowest BCUT2D eigenvalue weighted by atomic mass is 9.86. The molecule has 0 heteroatoms. The van der Waals surface area contributed by atoms with Crippen LogP contribution in [-0.2, 0) is 5.41 Å². The van der Waals surface area contributed by atoms with Gasteiger partial charge >= 0.3 is 0 Å². The summed E-state index contributed by atoms with van der Waals surface area (Å²) in [6, 6.07) is 8.49. The molecular weight excluding hydrogens is 216 g/mol. The van der Waals surface area contributed by atoms with Crippen LogP contribution < -0.4 is 0 Å². The number of hydrogen-bond donors (Lipinski definition) is 0. The highest BCUT2D eigenvalue weighted by Gasteiger charge is 2.12. The zero-order valence-corrected chi connectivity index (χ0v) is 12.5. The molecule has 0 N–H and O–H groups in total. The average molecular weight is 240 g/mol. The molecule has 0 amide bonds. The summed E-state index contributed by atoms with van der Waals surface area (Å²) in [5, 5.41) is 0. The van der Waals surface area contributed by atoms with E-state index in [1.54, 1.807) is 0 Å². The molecule has 0 bridgehead atoms. The van der Waals surface area contributed by atoms with Gasteiger partial charge in [0, 0.05) is 5.56 Å². The lowest BCUT2D eigenvalue weighted by Gasteiger charge is -2.18. The van der Waals surface area contributed by atoms with Crippen LogP contribution in [0.25, 0.3) is 0 Å². The van der Waals surface area contributed by atoms with Gasteiger partial charge in [0.25, 0.3) is 0 Å². The van der Waals surface area contributed by atoms with E-state index < -0.39 is 0 Å². The molecule has 96 valence electrons. The summed E-state index contributed by atoms with van der Waals surface area (Å²) in [7, 11) is 0. The molecule has 0 saturated carbocycles. The van der Waals surface area contributed by atoms with Crippen molar-refractivity contribution in [3.63, 3.8) is 0 Å². The molecule has 0 atom stereocenters. The van der Waals surface area contributed by atoms with Crippen molar-refractivity contribution in [2.45, 2.75) is 47.0 Å². The highest BCUT2D eigenvalue weighted by molar-refractivity contribution is 5.41. The Morgan fingerprint density at radius 1 is 1.00 bits per heavy atom. The molecule has 0 saturated heterocycles. The minimum absolute atomic E-state index is 0.180. The Morgan fingerprint density at radius 2 is 1.67 bits per heavy atom. The van der Waals surface area contributed by atoms with Gasteiger partial charge in [-0.05, 0) is 34.6 Å². The van der Waals surface area contributed by atoms with Crippen molar-refractivity contribution in [3.8, 4) is 11.8 Å². The predicted octanol–water partition coefficient (Wildman–Crippen LogP) is 4.94. The monoisotopic (exact) mass is 240 g/mol. The van der Waals surface area contributed by atoms with Gasteiger partial charge < -0.3 is 0 Å². The van der Waals surface area contributed by atoms with Gasteiger partial charge in [-0.3, -0.25) is 0 Å². The van der Waals surface area contributed by atoms with E-state index in [2.05, 4.69) is 83.7 Å². The topological polar surface area (TPSA) is 0 Å². The molecule has 0 unspecified atom stereocenters. The molecule has 0 aliphatic carbocycles. The third-order valence-electron chi connectivity index (χ3n) is 2.61. The summed E-state index contributed by atoms with van der Waals surface area (Å²) in [6.07, 6.45) is 4.08. The molecule has 0 nitrogen and oxygen atoms in total. The summed E-state index contributed by atoms with van der Waals surface area (Å²) in [5.74, 6) is 6.30. The fourth-order valence-electron chi connectivity index (χ4n) is 1.48. The number of benzene rings is 1. The van der Waals surface area contributed by atoms with E-state index in [9.17, 15) is 0 Å². The van der Waals surface area contributed by atoms with E-state index in [-0.39, 0.29) is 10.8 Å². The summed E-state index contributed by atoms with van der Waals surface area (Å²) in [6.45, 7) is 13.2. The van der Waals surface area contributed by atoms with Crippen molar-refractivity contribution < 1.29 is 0 Å². The minimum atomic E-state index is 0.180. The van der Waals surface area contributed by atoms with Crippen LogP contribution in [0.1, 0.15) is 52.7 Å². The quantitative estimate of drug-likeness (QED) is 0.564. The molecule has 0 fully saturated rings. The smallest absolute Gasteiger partial charge is 0.0251 e. The molecule has 1 aromatic carbocycles. The van der Waals surface area contributed by atoms with E-state index in [1.165, 1.54) is 5.56 Å². The van der Waals surface area contributed by atoms with Crippen LogP contribution in [0.3, 0.4) is 0 Å². The third kappa shape index (κ3) is 5.23. The number of allylic oxidation sites excluding steroid dienone is 2. The molecule has 0 aliphatic heterocycles. The van der Waals surface area contributed by atoms with Crippen molar-refractivity contribution >= 4 is 0 Å². The van der Waals surface area contributed by atoms with Crippen LogP contribution in [0, 0.1) is 17.3 Å². The van der Waals surface area contributed by atoms with Gasteiger partial charge in [0.15, 0.2) is 0 Å². The van der Waals surface area contributed by atoms with Crippen molar-refractivity contribution in [2.75, 3.05) is 0 Å². The summed E-state index contributed by atoms with van der Waals surface area (Å²) >= 11 is 0. The maximum atomic E-state index is 3.19. The second kappa shape index (κ2) is 5.44. The zero-order chi connectivity index (χ0) is 13.8. The van der Waals surface area contributed by atoms with Gasteiger partial charge in [-0.15, -0.1) is 0 Å². The maximum Gasteiger partial charge on any atom is 0.0251 e.